The van der Waals surface area contributed by atoms with E-state index in [2.05, 4.69) is 10.3 Å². The lowest BCUT2D eigenvalue weighted by atomic mass is 10.3. The van der Waals surface area contributed by atoms with E-state index in [1.807, 2.05) is 71.6 Å². The minimum atomic E-state index is -0.150. The highest BCUT2D eigenvalue weighted by atomic mass is 35.5. The van der Waals surface area contributed by atoms with Crippen LogP contribution < -0.4 is 5.32 Å². The molecule has 0 aliphatic carbocycles. The Bertz CT molecular complexity index is 1020. The summed E-state index contributed by atoms with van der Waals surface area (Å²) in [5.41, 5.74) is 2.73. The summed E-state index contributed by atoms with van der Waals surface area (Å²) in [6, 6.07) is 19.2. The number of amides is 1. The van der Waals surface area contributed by atoms with Crippen molar-refractivity contribution < 1.29 is 4.79 Å². The third-order valence-electron chi connectivity index (χ3n) is 3.76. The summed E-state index contributed by atoms with van der Waals surface area (Å²) in [6.07, 6.45) is 5.82. The number of thioether (sulfide) groups is 1. The van der Waals surface area contributed by atoms with Crippen LogP contribution in [0.3, 0.4) is 0 Å². The van der Waals surface area contributed by atoms with E-state index in [-0.39, 0.29) is 5.91 Å². The fourth-order valence-electron chi connectivity index (χ4n) is 2.55. The Morgan fingerprint density at radius 2 is 1.92 bits per heavy atom. The summed E-state index contributed by atoms with van der Waals surface area (Å²) in [6.45, 7) is 0. The van der Waals surface area contributed by atoms with Gasteiger partial charge in [0.15, 0.2) is 5.17 Å². The second kappa shape index (κ2) is 7.23. The van der Waals surface area contributed by atoms with Gasteiger partial charge in [-0.15, -0.1) is 0 Å². The first-order valence-electron chi connectivity index (χ1n) is 7.96. The van der Waals surface area contributed by atoms with E-state index in [0.29, 0.717) is 20.8 Å². The molecule has 0 atom stereocenters. The summed E-state index contributed by atoms with van der Waals surface area (Å²) in [5, 5.41) is 3.94. The summed E-state index contributed by atoms with van der Waals surface area (Å²) in [7, 11) is 0. The van der Waals surface area contributed by atoms with Gasteiger partial charge in [-0.25, -0.2) is 4.99 Å². The van der Waals surface area contributed by atoms with Gasteiger partial charge in [-0.05, 0) is 59.8 Å². The Balaban J connectivity index is 1.55. The van der Waals surface area contributed by atoms with Crippen LogP contribution in [-0.2, 0) is 4.79 Å². The highest BCUT2D eigenvalue weighted by Gasteiger charge is 2.23. The number of carbonyl (C=O) groups excluding carboxylic acids is 1. The van der Waals surface area contributed by atoms with Crippen LogP contribution in [0.25, 0.3) is 11.8 Å². The van der Waals surface area contributed by atoms with Crippen LogP contribution in [0, 0.1) is 0 Å². The van der Waals surface area contributed by atoms with E-state index in [4.69, 9.17) is 11.6 Å². The number of aliphatic imine (C=N–C) groups is 1. The molecule has 4 nitrogen and oxygen atoms in total. The number of carbonyl (C=O) groups is 1. The molecule has 2 heterocycles. The summed E-state index contributed by atoms with van der Waals surface area (Å²) in [5.74, 6) is -0.150. The standard InChI is InChI=1S/C20H14ClN3OS/c21-15-5-4-6-16(12-15)22-20-23-19(25)18(26-20)11-14-9-10-24(13-14)17-7-2-1-3-8-17/h1-13H,(H,22,23,25)/b18-11+. The Morgan fingerprint density at radius 3 is 2.73 bits per heavy atom. The SMILES string of the molecule is O=C1NC(=Nc2cccc(Cl)c2)S/C1=C/c1ccn(-c2ccccc2)c1. The van der Waals surface area contributed by atoms with Crippen molar-refractivity contribution in [1.82, 2.24) is 9.88 Å². The number of halogens is 1. The van der Waals surface area contributed by atoms with Crippen molar-refractivity contribution in [2.75, 3.05) is 0 Å². The summed E-state index contributed by atoms with van der Waals surface area (Å²) < 4.78 is 2.02. The monoisotopic (exact) mass is 379 g/mol. The first kappa shape index (κ1) is 16.7. The third-order valence-corrected chi connectivity index (χ3v) is 4.90. The zero-order valence-electron chi connectivity index (χ0n) is 13.6. The number of rotatable bonds is 3. The molecule has 0 radical (unpaired) electrons. The van der Waals surface area contributed by atoms with Gasteiger partial charge in [0.05, 0.1) is 10.6 Å². The van der Waals surface area contributed by atoms with Crippen LogP contribution in [0.4, 0.5) is 5.69 Å². The molecule has 1 N–H and O–H groups in total. The zero-order valence-corrected chi connectivity index (χ0v) is 15.2. The molecule has 0 unspecified atom stereocenters. The van der Waals surface area contributed by atoms with Crippen molar-refractivity contribution >= 4 is 46.2 Å². The summed E-state index contributed by atoms with van der Waals surface area (Å²) in [4.78, 5) is 17.2. The molecule has 6 heteroatoms. The minimum Gasteiger partial charge on any atom is -0.323 e. The maximum Gasteiger partial charge on any atom is 0.264 e. The molecule has 26 heavy (non-hydrogen) atoms. The van der Waals surface area contributed by atoms with Crippen LogP contribution >= 0.6 is 23.4 Å². The fraction of sp³-hybridized carbons (Fsp3) is 0. The predicted molar refractivity (Wildman–Crippen MR) is 108 cm³/mol. The third kappa shape index (κ3) is 3.74. The Morgan fingerprint density at radius 1 is 1.08 bits per heavy atom. The van der Waals surface area contributed by atoms with Crippen molar-refractivity contribution in [3.8, 4) is 5.69 Å². The van der Waals surface area contributed by atoms with Gasteiger partial charge >= 0.3 is 0 Å². The molecule has 1 aliphatic heterocycles. The van der Waals surface area contributed by atoms with Gasteiger partial charge in [0.2, 0.25) is 0 Å². The molecule has 3 aromatic rings. The first-order valence-corrected chi connectivity index (χ1v) is 9.15. The molecule has 0 spiro atoms. The molecule has 1 aliphatic rings. The number of hydrogen-bond acceptors (Lipinski definition) is 3. The number of hydrogen-bond donors (Lipinski definition) is 1. The zero-order chi connectivity index (χ0) is 17.9. The van der Waals surface area contributed by atoms with E-state index in [9.17, 15) is 4.79 Å². The predicted octanol–water partition coefficient (Wildman–Crippen LogP) is 5.02. The van der Waals surface area contributed by atoms with Gasteiger partial charge in [0, 0.05) is 23.1 Å². The molecule has 1 amide bonds. The van der Waals surface area contributed by atoms with E-state index < -0.39 is 0 Å². The Hall–Kier alpha value is -2.76. The van der Waals surface area contributed by atoms with Crippen LogP contribution in [-0.4, -0.2) is 15.6 Å². The first-order chi connectivity index (χ1) is 12.7. The molecule has 2 aromatic carbocycles. The van der Waals surface area contributed by atoms with E-state index in [1.54, 1.807) is 12.1 Å². The largest absolute Gasteiger partial charge is 0.323 e. The number of benzene rings is 2. The lowest BCUT2D eigenvalue weighted by molar-refractivity contribution is -0.115. The van der Waals surface area contributed by atoms with Crippen LogP contribution in [0.5, 0.6) is 0 Å². The molecule has 1 fully saturated rings. The quantitative estimate of drug-likeness (QED) is 0.649. The van der Waals surface area contributed by atoms with E-state index >= 15 is 0 Å². The van der Waals surface area contributed by atoms with E-state index in [1.165, 1.54) is 11.8 Å². The molecule has 0 bridgehead atoms. The molecular formula is C20H14ClN3OS. The molecule has 4 rings (SSSR count). The van der Waals surface area contributed by atoms with Gasteiger partial charge in [-0.3, -0.25) is 4.79 Å². The number of amidine groups is 1. The number of para-hydroxylation sites is 1. The second-order valence-electron chi connectivity index (χ2n) is 5.65. The highest BCUT2D eigenvalue weighted by Crippen LogP contribution is 2.29. The molecule has 0 saturated carbocycles. The smallest absolute Gasteiger partial charge is 0.264 e. The molecule has 128 valence electrons. The van der Waals surface area contributed by atoms with Gasteiger partial charge in [0.25, 0.3) is 5.91 Å². The highest BCUT2D eigenvalue weighted by molar-refractivity contribution is 8.18. The summed E-state index contributed by atoms with van der Waals surface area (Å²) >= 11 is 7.29. The average Bonchev–Trinajstić information content (AvgIpc) is 3.23. The van der Waals surface area contributed by atoms with Crippen LogP contribution in [0.15, 0.2) is 83.0 Å². The van der Waals surface area contributed by atoms with Gasteiger partial charge < -0.3 is 9.88 Å². The van der Waals surface area contributed by atoms with Gasteiger partial charge in [-0.1, -0.05) is 35.9 Å². The topological polar surface area (TPSA) is 46.4 Å². The Kier molecular flexibility index (Phi) is 4.65. The maximum absolute atomic E-state index is 12.2. The molecule has 1 saturated heterocycles. The molecule has 1 aromatic heterocycles. The number of nitrogens with zero attached hydrogens (tertiary/aromatic N) is 2. The van der Waals surface area contributed by atoms with Crippen molar-refractivity contribution in [3.05, 3.63) is 88.5 Å². The van der Waals surface area contributed by atoms with Gasteiger partial charge in [-0.2, -0.15) is 0 Å². The van der Waals surface area contributed by atoms with Crippen LogP contribution in [0.2, 0.25) is 5.02 Å². The number of nitrogens with one attached hydrogen (secondary N) is 1. The second-order valence-corrected chi connectivity index (χ2v) is 7.12. The maximum atomic E-state index is 12.2. The normalized spacial score (nSPS) is 17.0. The van der Waals surface area contributed by atoms with Crippen molar-refractivity contribution in [2.24, 2.45) is 4.99 Å². The average molecular weight is 380 g/mol. The van der Waals surface area contributed by atoms with Crippen molar-refractivity contribution in [1.29, 1.82) is 0 Å². The van der Waals surface area contributed by atoms with Crippen molar-refractivity contribution in [2.45, 2.75) is 0 Å². The van der Waals surface area contributed by atoms with E-state index in [0.717, 1.165) is 11.3 Å². The minimum absolute atomic E-state index is 0.150. The van der Waals surface area contributed by atoms with Gasteiger partial charge in [0.1, 0.15) is 0 Å². The lowest BCUT2D eigenvalue weighted by Gasteiger charge is -2.00. The van der Waals surface area contributed by atoms with Crippen LogP contribution in [0.1, 0.15) is 5.56 Å². The lowest BCUT2D eigenvalue weighted by Crippen LogP contribution is -2.19. The fourth-order valence-corrected chi connectivity index (χ4v) is 3.58. The Labute approximate surface area is 160 Å². The molecular weight excluding hydrogens is 366 g/mol. The number of aromatic nitrogens is 1. The van der Waals surface area contributed by atoms with Crippen molar-refractivity contribution in [3.63, 3.8) is 0 Å².